The summed E-state index contributed by atoms with van der Waals surface area (Å²) >= 11 is 0. The zero-order valence-electron chi connectivity index (χ0n) is 5.91. The predicted molar refractivity (Wildman–Crippen MR) is 39.6 cm³/mol. The molecule has 0 spiro atoms. The Labute approximate surface area is 67.3 Å². The Morgan fingerprint density at radius 3 is 2.58 bits per heavy atom. The fourth-order valence-electron chi connectivity index (χ4n) is 0.701. The first kappa shape index (κ1) is 8.12. The molecule has 0 radical (unpaired) electrons. The Bertz CT molecular complexity index is 309. The van der Waals surface area contributed by atoms with Gasteiger partial charge in [0, 0.05) is 12.4 Å². The molecule has 0 fully saturated rings. The number of nitro groups is 1. The van der Waals surface area contributed by atoms with Crippen LogP contribution in [0.5, 0.6) is 0 Å². The fourth-order valence-corrected chi connectivity index (χ4v) is 0.701. The van der Waals surface area contributed by atoms with Gasteiger partial charge in [0.25, 0.3) is 0 Å². The molecule has 0 aliphatic carbocycles. The number of aromatic nitrogens is 1. The minimum atomic E-state index is -0.769. The van der Waals surface area contributed by atoms with Gasteiger partial charge in [-0.05, 0) is 17.1 Å². The average molecular weight is 167 g/mol. The van der Waals surface area contributed by atoms with Crippen LogP contribution in [0.3, 0.4) is 0 Å². The number of pyridine rings is 1. The largest absolute Gasteiger partial charge is 0.416 e. The molecule has 0 saturated carbocycles. The van der Waals surface area contributed by atoms with Crippen LogP contribution in [0.2, 0.25) is 0 Å². The third-order valence-electron chi connectivity index (χ3n) is 1.21. The highest BCUT2D eigenvalue weighted by atomic mass is 16.6. The van der Waals surface area contributed by atoms with Crippen LogP contribution < -0.4 is 0 Å². The maximum Gasteiger partial charge on any atom is 0.416 e. The molecule has 0 aliphatic rings. The van der Waals surface area contributed by atoms with Crippen molar-refractivity contribution < 1.29 is 10.1 Å². The van der Waals surface area contributed by atoms with Gasteiger partial charge in [0.1, 0.15) is 0 Å². The third kappa shape index (κ3) is 1.54. The van der Waals surface area contributed by atoms with Gasteiger partial charge in [-0.1, -0.05) is 0 Å². The smallest absolute Gasteiger partial charge is 0.358 e. The van der Waals surface area contributed by atoms with Crippen LogP contribution in [0, 0.1) is 10.1 Å². The second kappa shape index (κ2) is 3.42. The Hall–Kier alpha value is -1.98. The van der Waals surface area contributed by atoms with Crippen LogP contribution in [0.25, 0.3) is 0 Å². The van der Waals surface area contributed by atoms with Gasteiger partial charge in [0.2, 0.25) is 0 Å². The van der Waals surface area contributed by atoms with Crippen molar-refractivity contribution in [1.82, 2.24) is 4.98 Å². The molecule has 1 rings (SSSR count). The molecule has 0 bridgehead atoms. The lowest BCUT2D eigenvalue weighted by molar-refractivity contribution is -0.351. The van der Waals surface area contributed by atoms with E-state index in [-0.39, 0.29) is 5.56 Å². The van der Waals surface area contributed by atoms with Crippen LogP contribution in [0.15, 0.2) is 29.7 Å². The van der Waals surface area contributed by atoms with Crippen LogP contribution in [-0.2, 0) is 0 Å². The summed E-state index contributed by atoms with van der Waals surface area (Å²) in [5.41, 5.74) is 0.220. The van der Waals surface area contributed by atoms with E-state index in [1.54, 1.807) is 0 Å². The average Bonchev–Trinajstić information content (AvgIpc) is 2.07. The monoisotopic (exact) mass is 167 g/mol. The Morgan fingerprint density at radius 2 is 2.17 bits per heavy atom. The number of nitrogens with zero attached hydrogens (tertiary/aromatic N) is 3. The molecule has 0 aromatic carbocycles. The van der Waals surface area contributed by atoms with Gasteiger partial charge in [0.15, 0.2) is 5.16 Å². The van der Waals surface area contributed by atoms with E-state index in [4.69, 9.17) is 5.21 Å². The highest BCUT2D eigenvalue weighted by Gasteiger charge is 2.15. The molecule has 0 amide bonds. The molecule has 0 unspecified atom stereocenters. The van der Waals surface area contributed by atoms with Crippen LogP contribution in [0.1, 0.15) is 5.56 Å². The topological polar surface area (TPSA) is 88.6 Å². The fraction of sp³-hybridized carbons (Fsp3) is 0. The lowest BCUT2D eigenvalue weighted by Gasteiger charge is -1.94. The lowest BCUT2D eigenvalue weighted by atomic mass is 10.2. The molecular weight excluding hydrogens is 162 g/mol. The molecule has 6 nitrogen and oxygen atoms in total. The summed E-state index contributed by atoms with van der Waals surface area (Å²) in [5, 5.41) is 21.0. The van der Waals surface area contributed by atoms with Crippen molar-refractivity contribution >= 4 is 5.84 Å². The Morgan fingerprint density at radius 1 is 1.58 bits per heavy atom. The zero-order chi connectivity index (χ0) is 8.97. The van der Waals surface area contributed by atoms with Crippen molar-refractivity contribution in [2.75, 3.05) is 0 Å². The van der Waals surface area contributed by atoms with E-state index in [1.807, 2.05) is 0 Å². The Balaban J connectivity index is 3.05. The molecule has 1 heterocycles. The van der Waals surface area contributed by atoms with Gasteiger partial charge in [-0.3, -0.25) is 4.98 Å². The maximum atomic E-state index is 10.2. The third-order valence-corrected chi connectivity index (χ3v) is 1.21. The molecule has 1 aromatic rings. The van der Waals surface area contributed by atoms with Crippen molar-refractivity contribution in [1.29, 1.82) is 0 Å². The summed E-state index contributed by atoms with van der Waals surface area (Å²) < 4.78 is 0. The van der Waals surface area contributed by atoms with E-state index < -0.39 is 10.8 Å². The van der Waals surface area contributed by atoms with Gasteiger partial charge in [-0.25, -0.2) is 0 Å². The van der Waals surface area contributed by atoms with E-state index in [0.717, 1.165) is 0 Å². The number of hydrogen-bond donors (Lipinski definition) is 1. The van der Waals surface area contributed by atoms with Gasteiger partial charge in [-0.2, -0.15) is 0 Å². The number of amidine groups is 1. The van der Waals surface area contributed by atoms with E-state index >= 15 is 0 Å². The van der Waals surface area contributed by atoms with Crippen molar-refractivity contribution in [3.8, 4) is 0 Å². The van der Waals surface area contributed by atoms with E-state index in [1.165, 1.54) is 24.5 Å². The molecule has 6 heteroatoms. The van der Waals surface area contributed by atoms with Gasteiger partial charge in [0.05, 0.1) is 5.56 Å². The van der Waals surface area contributed by atoms with E-state index in [0.29, 0.717) is 0 Å². The van der Waals surface area contributed by atoms with Gasteiger partial charge in [-0.15, -0.1) is 0 Å². The summed E-state index contributed by atoms with van der Waals surface area (Å²) in [7, 11) is 0. The summed E-state index contributed by atoms with van der Waals surface area (Å²) in [6.45, 7) is 0. The highest BCUT2D eigenvalue weighted by molar-refractivity contribution is 5.91. The van der Waals surface area contributed by atoms with E-state index in [9.17, 15) is 10.1 Å². The first-order valence-electron chi connectivity index (χ1n) is 3.02. The summed E-state index contributed by atoms with van der Waals surface area (Å²) in [4.78, 5) is 13.1. The number of hydrogen-bond acceptors (Lipinski definition) is 5. The molecule has 12 heavy (non-hydrogen) atoms. The van der Waals surface area contributed by atoms with Gasteiger partial charge < -0.3 is 15.3 Å². The normalized spacial score (nSPS) is 11.2. The first-order chi connectivity index (χ1) is 5.75. The number of rotatable bonds is 1. The molecule has 1 N–H and O–H groups in total. The maximum absolute atomic E-state index is 10.2. The first-order valence-corrected chi connectivity index (χ1v) is 3.02. The summed E-state index contributed by atoms with van der Waals surface area (Å²) in [6, 6.07) is 2.77. The molecule has 62 valence electrons. The molecule has 1 aromatic heterocycles. The summed E-state index contributed by atoms with van der Waals surface area (Å²) in [5.74, 6) is -0.586. The molecule has 0 atom stereocenters. The van der Waals surface area contributed by atoms with Crippen molar-refractivity contribution in [3.63, 3.8) is 0 Å². The van der Waals surface area contributed by atoms with Crippen molar-refractivity contribution in [2.45, 2.75) is 0 Å². The lowest BCUT2D eigenvalue weighted by Crippen LogP contribution is -2.12. The molecule has 0 aliphatic heterocycles. The van der Waals surface area contributed by atoms with E-state index in [2.05, 4.69) is 10.1 Å². The van der Waals surface area contributed by atoms with Crippen LogP contribution >= 0.6 is 0 Å². The standard InChI is InChI=1S/C6H5N3O3/c10-8-6(9(11)12)5-1-3-7-4-2-5/h1-4,10H/b8-6-. The SMILES string of the molecule is O=[N+]([O-])/C(=N\O)c1ccncc1. The highest BCUT2D eigenvalue weighted by Crippen LogP contribution is 1.99. The minimum absolute atomic E-state index is 0.220. The van der Waals surface area contributed by atoms with Crippen molar-refractivity contribution in [2.24, 2.45) is 5.16 Å². The zero-order valence-corrected chi connectivity index (χ0v) is 5.91. The minimum Gasteiger partial charge on any atom is -0.358 e. The van der Waals surface area contributed by atoms with Crippen LogP contribution in [-0.4, -0.2) is 21.0 Å². The second-order valence-corrected chi connectivity index (χ2v) is 1.92. The van der Waals surface area contributed by atoms with Crippen LogP contribution in [0.4, 0.5) is 0 Å². The second-order valence-electron chi connectivity index (χ2n) is 1.92. The summed E-state index contributed by atoms with van der Waals surface area (Å²) in [6.07, 6.45) is 2.76. The molecular formula is C6H5N3O3. The Kier molecular flexibility index (Phi) is 2.32. The number of oxime groups is 1. The van der Waals surface area contributed by atoms with Gasteiger partial charge >= 0.3 is 5.84 Å². The quantitative estimate of drug-likeness (QED) is 0.217. The predicted octanol–water partition coefficient (Wildman–Crippen LogP) is 0.494. The van der Waals surface area contributed by atoms with Crippen molar-refractivity contribution in [3.05, 3.63) is 40.2 Å². The molecule has 0 saturated heterocycles.